The number of aliphatic hydroxyl groups is 1. The van der Waals surface area contributed by atoms with Crippen LogP contribution in [0.5, 0.6) is 0 Å². The SMILES string of the molecule is CCC1(O)CC(c2ccccc2Cl)=NO1. The molecular formula is C11H12ClNO2. The van der Waals surface area contributed by atoms with Crippen molar-refractivity contribution in [3.8, 4) is 0 Å². The van der Waals surface area contributed by atoms with E-state index in [2.05, 4.69) is 5.16 Å². The zero-order valence-corrected chi connectivity index (χ0v) is 9.16. The summed E-state index contributed by atoms with van der Waals surface area (Å²) < 4.78 is 0. The van der Waals surface area contributed by atoms with E-state index >= 15 is 0 Å². The maximum atomic E-state index is 9.84. The fourth-order valence-corrected chi connectivity index (χ4v) is 1.74. The van der Waals surface area contributed by atoms with Crippen molar-refractivity contribution >= 4 is 17.3 Å². The first-order valence-corrected chi connectivity index (χ1v) is 5.25. The van der Waals surface area contributed by atoms with Crippen molar-refractivity contribution in [2.75, 3.05) is 0 Å². The summed E-state index contributed by atoms with van der Waals surface area (Å²) in [5.74, 6) is -1.16. The van der Waals surface area contributed by atoms with Gasteiger partial charge in [0, 0.05) is 17.0 Å². The summed E-state index contributed by atoms with van der Waals surface area (Å²) in [5, 5.41) is 14.3. The Morgan fingerprint density at radius 3 is 2.87 bits per heavy atom. The number of nitrogens with zero attached hydrogens (tertiary/aromatic N) is 1. The van der Waals surface area contributed by atoms with E-state index in [-0.39, 0.29) is 0 Å². The van der Waals surface area contributed by atoms with Gasteiger partial charge in [0.05, 0.1) is 12.1 Å². The summed E-state index contributed by atoms with van der Waals surface area (Å²) >= 11 is 6.02. The van der Waals surface area contributed by atoms with Crippen LogP contribution < -0.4 is 0 Å². The molecule has 0 bridgehead atoms. The van der Waals surface area contributed by atoms with Crippen LogP contribution >= 0.6 is 11.6 Å². The molecule has 0 radical (unpaired) electrons. The number of benzene rings is 1. The first kappa shape index (κ1) is 10.5. The summed E-state index contributed by atoms with van der Waals surface area (Å²) in [6.07, 6.45) is 0.887. The molecule has 0 saturated carbocycles. The first-order valence-electron chi connectivity index (χ1n) is 4.87. The maximum absolute atomic E-state index is 9.84. The topological polar surface area (TPSA) is 41.8 Å². The molecule has 1 aromatic carbocycles. The van der Waals surface area contributed by atoms with Crippen molar-refractivity contribution in [3.63, 3.8) is 0 Å². The standard InChI is InChI=1S/C11H12ClNO2/c1-2-11(14)7-10(13-15-11)8-5-3-4-6-9(8)12/h3-6,14H,2,7H2,1H3. The van der Waals surface area contributed by atoms with Crippen LogP contribution in [0.15, 0.2) is 29.4 Å². The fraction of sp³-hybridized carbons (Fsp3) is 0.364. The molecule has 15 heavy (non-hydrogen) atoms. The number of hydrogen-bond acceptors (Lipinski definition) is 3. The Kier molecular flexibility index (Phi) is 2.67. The number of hydrogen-bond donors (Lipinski definition) is 1. The van der Waals surface area contributed by atoms with Crippen molar-refractivity contribution in [2.45, 2.75) is 25.6 Å². The van der Waals surface area contributed by atoms with Gasteiger partial charge in [-0.3, -0.25) is 0 Å². The summed E-state index contributed by atoms with van der Waals surface area (Å²) in [6, 6.07) is 7.40. The third-order valence-corrected chi connectivity index (χ3v) is 2.84. The zero-order chi connectivity index (χ0) is 10.9. The van der Waals surface area contributed by atoms with Crippen molar-refractivity contribution in [1.82, 2.24) is 0 Å². The van der Waals surface area contributed by atoms with Crippen LogP contribution in [0.25, 0.3) is 0 Å². The van der Waals surface area contributed by atoms with Gasteiger partial charge in [0.15, 0.2) is 0 Å². The van der Waals surface area contributed by atoms with Gasteiger partial charge in [-0.15, -0.1) is 0 Å². The Morgan fingerprint density at radius 1 is 1.53 bits per heavy atom. The number of oxime groups is 1. The van der Waals surface area contributed by atoms with Crippen LogP contribution in [0.4, 0.5) is 0 Å². The minimum atomic E-state index is -1.16. The Balaban J connectivity index is 2.25. The highest BCUT2D eigenvalue weighted by Crippen LogP contribution is 2.29. The highest BCUT2D eigenvalue weighted by molar-refractivity contribution is 6.34. The lowest BCUT2D eigenvalue weighted by molar-refractivity contribution is -0.186. The highest BCUT2D eigenvalue weighted by Gasteiger charge is 2.35. The third kappa shape index (κ3) is 1.98. The number of rotatable bonds is 2. The largest absolute Gasteiger partial charge is 0.360 e. The van der Waals surface area contributed by atoms with Crippen LogP contribution in [0.1, 0.15) is 25.3 Å². The molecule has 3 nitrogen and oxygen atoms in total. The molecule has 1 aliphatic heterocycles. The molecule has 0 amide bonds. The van der Waals surface area contributed by atoms with Gasteiger partial charge in [0.2, 0.25) is 5.79 Å². The molecule has 1 atom stereocenters. The summed E-state index contributed by atoms with van der Waals surface area (Å²) in [4.78, 5) is 5.00. The molecule has 80 valence electrons. The second-order valence-electron chi connectivity index (χ2n) is 3.59. The van der Waals surface area contributed by atoms with Gasteiger partial charge in [0.25, 0.3) is 0 Å². The van der Waals surface area contributed by atoms with Crippen LogP contribution in [-0.4, -0.2) is 16.6 Å². The Labute approximate surface area is 93.3 Å². The number of halogens is 1. The monoisotopic (exact) mass is 225 g/mol. The van der Waals surface area contributed by atoms with Crippen LogP contribution in [0.3, 0.4) is 0 Å². The summed E-state index contributed by atoms with van der Waals surface area (Å²) in [6.45, 7) is 1.85. The minimum absolute atomic E-state index is 0.382. The lowest BCUT2D eigenvalue weighted by Gasteiger charge is -2.16. The minimum Gasteiger partial charge on any atom is -0.360 e. The Hall–Kier alpha value is -1.06. The molecule has 0 spiro atoms. The maximum Gasteiger partial charge on any atom is 0.239 e. The second-order valence-corrected chi connectivity index (χ2v) is 3.99. The smallest absolute Gasteiger partial charge is 0.239 e. The van der Waals surface area contributed by atoms with Gasteiger partial charge < -0.3 is 9.94 Å². The Bertz CT molecular complexity index is 405. The van der Waals surface area contributed by atoms with Gasteiger partial charge in [-0.05, 0) is 6.07 Å². The van der Waals surface area contributed by atoms with Crippen molar-refractivity contribution in [2.24, 2.45) is 5.16 Å². The quantitative estimate of drug-likeness (QED) is 0.841. The second kappa shape index (κ2) is 3.83. The molecule has 1 aliphatic rings. The van der Waals surface area contributed by atoms with Gasteiger partial charge in [-0.2, -0.15) is 0 Å². The predicted octanol–water partition coefficient (Wildman–Crippen LogP) is 2.56. The summed E-state index contributed by atoms with van der Waals surface area (Å²) in [5.41, 5.74) is 1.52. The van der Waals surface area contributed by atoms with Crippen LogP contribution in [0.2, 0.25) is 5.02 Å². The zero-order valence-electron chi connectivity index (χ0n) is 8.40. The van der Waals surface area contributed by atoms with E-state index < -0.39 is 5.79 Å². The first-order chi connectivity index (χ1) is 7.14. The molecule has 1 N–H and O–H groups in total. The lowest BCUT2D eigenvalue weighted by Crippen LogP contribution is -2.27. The molecule has 0 aromatic heterocycles. The highest BCUT2D eigenvalue weighted by atomic mass is 35.5. The van der Waals surface area contributed by atoms with E-state index in [1.165, 1.54) is 0 Å². The van der Waals surface area contributed by atoms with E-state index in [1.807, 2.05) is 25.1 Å². The van der Waals surface area contributed by atoms with Crippen molar-refractivity contribution in [1.29, 1.82) is 0 Å². The average Bonchev–Trinajstić information content (AvgIpc) is 2.63. The van der Waals surface area contributed by atoms with Crippen LogP contribution in [-0.2, 0) is 4.84 Å². The summed E-state index contributed by atoms with van der Waals surface area (Å²) in [7, 11) is 0. The molecule has 1 heterocycles. The normalized spacial score (nSPS) is 24.9. The van der Waals surface area contributed by atoms with Crippen molar-refractivity contribution < 1.29 is 9.94 Å². The van der Waals surface area contributed by atoms with Gasteiger partial charge >= 0.3 is 0 Å². The van der Waals surface area contributed by atoms with Gasteiger partial charge in [0.1, 0.15) is 0 Å². The van der Waals surface area contributed by atoms with E-state index in [4.69, 9.17) is 16.4 Å². The van der Waals surface area contributed by atoms with E-state index in [9.17, 15) is 5.11 Å². The molecule has 1 aromatic rings. The molecular weight excluding hydrogens is 214 g/mol. The molecule has 1 unspecified atom stereocenters. The van der Waals surface area contributed by atoms with Crippen molar-refractivity contribution in [3.05, 3.63) is 34.9 Å². The fourth-order valence-electron chi connectivity index (χ4n) is 1.50. The van der Waals surface area contributed by atoms with Crippen LogP contribution in [0, 0.1) is 0 Å². The van der Waals surface area contributed by atoms with Gasteiger partial charge in [-0.1, -0.05) is 41.9 Å². The molecule has 4 heteroatoms. The predicted molar refractivity (Wildman–Crippen MR) is 58.9 cm³/mol. The molecule has 0 fully saturated rings. The Morgan fingerprint density at radius 2 is 2.27 bits per heavy atom. The third-order valence-electron chi connectivity index (χ3n) is 2.51. The van der Waals surface area contributed by atoms with E-state index in [0.29, 0.717) is 23.6 Å². The van der Waals surface area contributed by atoms with E-state index in [0.717, 1.165) is 5.56 Å². The average molecular weight is 226 g/mol. The van der Waals surface area contributed by atoms with Gasteiger partial charge in [-0.25, -0.2) is 0 Å². The lowest BCUT2D eigenvalue weighted by atomic mass is 10.0. The molecule has 0 aliphatic carbocycles. The van der Waals surface area contributed by atoms with E-state index in [1.54, 1.807) is 6.07 Å². The molecule has 0 saturated heterocycles. The molecule has 2 rings (SSSR count).